The number of aromatic amines is 1. The number of rotatable bonds is 2. The highest BCUT2D eigenvalue weighted by Gasteiger charge is 2.19. The van der Waals surface area contributed by atoms with E-state index in [1.807, 2.05) is 25.1 Å². The number of hydrogen-bond donors (Lipinski definition) is 2. The predicted molar refractivity (Wildman–Crippen MR) is 123 cm³/mol. The van der Waals surface area contributed by atoms with E-state index in [4.69, 9.17) is 5.73 Å². The molecule has 0 bridgehead atoms. The molecule has 0 amide bonds. The Hall–Kier alpha value is -3.69. The van der Waals surface area contributed by atoms with Crippen molar-refractivity contribution in [3.8, 4) is 28.5 Å². The van der Waals surface area contributed by atoms with Crippen molar-refractivity contribution >= 4 is 16.7 Å². The van der Waals surface area contributed by atoms with E-state index in [1.165, 1.54) is 16.7 Å². The summed E-state index contributed by atoms with van der Waals surface area (Å²) in [4.78, 5) is 6.60. The number of benzene rings is 2. The van der Waals surface area contributed by atoms with Crippen molar-refractivity contribution < 1.29 is 0 Å². The second-order valence-electron chi connectivity index (χ2n) is 8.47. The highest BCUT2D eigenvalue weighted by molar-refractivity contribution is 5.97. The van der Waals surface area contributed by atoms with E-state index in [1.54, 1.807) is 6.20 Å². The average Bonchev–Trinajstić information content (AvgIpc) is 3.15. The number of nitrogens with two attached hydrogens (primary N) is 1. The van der Waals surface area contributed by atoms with Gasteiger partial charge in [-0.2, -0.15) is 10.4 Å². The lowest BCUT2D eigenvalue weighted by atomic mass is 9.91. The molecule has 1 aliphatic rings. The minimum Gasteiger partial charge on any atom is -0.384 e. The van der Waals surface area contributed by atoms with Crippen molar-refractivity contribution in [1.82, 2.24) is 20.1 Å². The first-order valence-electron chi connectivity index (χ1n) is 10.4. The highest BCUT2D eigenvalue weighted by atomic mass is 15.1. The maximum atomic E-state index is 9.77. The third-order valence-corrected chi connectivity index (χ3v) is 6.27. The minimum atomic E-state index is 0.472. The summed E-state index contributed by atoms with van der Waals surface area (Å²) in [6, 6.07) is 12.6. The van der Waals surface area contributed by atoms with Crippen LogP contribution in [0.5, 0.6) is 0 Å². The Balaban J connectivity index is 1.71. The molecule has 6 nitrogen and oxygen atoms in total. The van der Waals surface area contributed by atoms with Gasteiger partial charge in [0.05, 0.1) is 22.8 Å². The Bertz CT molecular complexity index is 1380. The minimum absolute atomic E-state index is 0.472. The largest absolute Gasteiger partial charge is 0.384 e. The number of hydrogen-bond acceptors (Lipinski definition) is 5. The summed E-state index contributed by atoms with van der Waals surface area (Å²) in [5, 5.41) is 18.5. The number of anilines is 1. The molecule has 0 aliphatic carbocycles. The number of nitriles is 1. The SMILES string of the molecule is Cc1cc(N)ncc1-c1cc2c(-c3cc(C)c4c(c3)CN(C)CC4)n[nH]c2cc1C#N. The standard InChI is InChI=1S/C25H24N6/c1-14-6-16(8-18-13-31(3)5-4-19(14)18)25-21-10-20(17(11-26)9-23(21)29-30-25)22-12-28-24(27)7-15(22)2/h6-10,12H,4-5,13H2,1-3H3,(H2,27,28)(H,29,30). The van der Waals surface area contributed by atoms with Crippen LogP contribution in [0.4, 0.5) is 5.82 Å². The highest BCUT2D eigenvalue weighted by Crippen LogP contribution is 2.36. The Morgan fingerprint density at radius 3 is 2.71 bits per heavy atom. The fraction of sp³-hybridized carbons (Fsp3) is 0.240. The number of aryl methyl sites for hydroxylation is 2. The number of H-pyrrole nitrogens is 1. The van der Waals surface area contributed by atoms with Gasteiger partial charge in [0.2, 0.25) is 0 Å². The summed E-state index contributed by atoms with van der Waals surface area (Å²) in [6.45, 7) is 6.21. The molecule has 5 rings (SSSR count). The molecule has 1 aliphatic heterocycles. The van der Waals surface area contributed by atoms with Crippen LogP contribution in [0.3, 0.4) is 0 Å². The number of pyridine rings is 1. The van der Waals surface area contributed by atoms with Crippen LogP contribution in [-0.2, 0) is 13.0 Å². The van der Waals surface area contributed by atoms with Crippen LogP contribution in [0.1, 0.15) is 27.8 Å². The molecule has 0 saturated carbocycles. The maximum absolute atomic E-state index is 9.77. The molecular formula is C25H24N6. The van der Waals surface area contributed by atoms with Gasteiger partial charge in [-0.1, -0.05) is 0 Å². The molecular weight excluding hydrogens is 384 g/mol. The van der Waals surface area contributed by atoms with Gasteiger partial charge in [0, 0.05) is 41.4 Å². The smallest absolute Gasteiger partial charge is 0.123 e. The zero-order chi connectivity index (χ0) is 21.7. The number of nitrogens with one attached hydrogen (secondary N) is 1. The van der Waals surface area contributed by atoms with Gasteiger partial charge in [-0.05, 0) is 79.9 Å². The third-order valence-electron chi connectivity index (χ3n) is 6.27. The molecule has 154 valence electrons. The first-order chi connectivity index (χ1) is 14.9. The van der Waals surface area contributed by atoms with Crippen molar-refractivity contribution in [2.75, 3.05) is 19.3 Å². The van der Waals surface area contributed by atoms with Gasteiger partial charge in [0.15, 0.2) is 0 Å². The summed E-state index contributed by atoms with van der Waals surface area (Å²) >= 11 is 0. The summed E-state index contributed by atoms with van der Waals surface area (Å²) in [6.07, 6.45) is 2.82. The molecule has 0 fully saturated rings. The van der Waals surface area contributed by atoms with Crippen LogP contribution < -0.4 is 5.73 Å². The number of likely N-dealkylation sites (N-methyl/N-ethyl adjacent to an activating group) is 1. The molecule has 0 atom stereocenters. The van der Waals surface area contributed by atoms with E-state index < -0.39 is 0 Å². The lowest BCUT2D eigenvalue weighted by Gasteiger charge is -2.26. The lowest BCUT2D eigenvalue weighted by molar-refractivity contribution is 0.312. The van der Waals surface area contributed by atoms with E-state index in [0.717, 1.165) is 58.4 Å². The van der Waals surface area contributed by atoms with Crippen molar-refractivity contribution in [3.05, 3.63) is 64.3 Å². The zero-order valence-corrected chi connectivity index (χ0v) is 18.0. The van der Waals surface area contributed by atoms with Crippen LogP contribution >= 0.6 is 0 Å². The van der Waals surface area contributed by atoms with Crippen molar-refractivity contribution in [2.24, 2.45) is 0 Å². The topological polar surface area (TPSA) is 94.6 Å². The van der Waals surface area contributed by atoms with E-state index >= 15 is 0 Å². The lowest BCUT2D eigenvalue weighted by Crippen LogP contribution is -2.27. The van der Waals surface area contributed by atoms with Crippen molar-refractivity contribution in [1.29, 1.82) is 5.26 Å². The molecule has 0 saturated heterocycles. The second-order valence-corrected chi connectivity index (χ2v) is 8.47. The molecule has 2 aromatic heterocycles. The van der Waals surface area contributed by atoms with Gasteiger partial charge in [0.25, 0.3) is 0 Å². The Morgan fingerprint density at radius 1 is 1.10 bits per heavy atom. The van der Waals surface area contributed by atoms with E-state index in [9.17, 15) is 5.26 Å². The van der Waals surface area contributed by atoms with Crippen LogP contribution in [-0.4, -0.2) is 33.7 Å². The Labute approximate surface area is 181 Å². The number of nitrogen functional groups attached to an aromatic ring is 1. The van der Waals surface area contributed by atoms with Gasteiger partial charge in [-0.15, -0.1) is 0 Å². The van der Waals surface area contributed by atoms with Crippen LogP contribution in [0.15, 0.2) is 36.5 Å². The summed E-state index contributed by atoms with van der Waals surface area (Å²) in [5.41, 5.74) is 16.1. The summed E-state index contributed by atoms with van der Waals surface area (Å²) in [5.74, 6) is 0.472. The summed E-state index contributed by atoms with van der Waals surface area (Å²) < 4.78 is 0. The number of aromatic nitrogens is 3. The molecule has 2 aromatic carbocycles. The Kier molecular flexibility index (Phi) is 4.49. The molecule has 4 aromatic rings. The number of fused-ring (bicyclic) bond motifs is 2. The van der Waals surface area contributed by atoms with Crippen LogP contribution in [0, 0.1) is 25.2 Å². The molecule has 0 radical (unpaired) electrons. The monoisotopic (exact) mass is 408 g/mol. The quantitative estimate of drug-likeness (QED) is 0.514. The van der Waals surface area contributed by atoms with Gasteiger partial charge in [0.1, 0.15) is 5.82 Å². The van der Waals surface area contributed by atoms with Gasteiger partial charge >= 0.3 is 0 Å². The third kappa shape index (κ3) is 3.24. The van der Waals surface area contributed by atoms with E-state index in [2.05, 4.69) is 52.3 Å². The first-order valence-corrected chi connectivity index (χ1v) is 10.4. The molecule has 3 heterocycles. The van der Waals surface area contributed by atoms with Crippen LogP contribution in [0.2, 0.25) is 0 Å². The number of nitrogens with zero attached hydrogens (tertiary/aromatic N) is 4. The van der Waals surface area contributed by atoms with Gasteiger partial charge < -0.3 is 10.6 Å². The fourth-order valence-electron chi connectivity index (χ4n) is 4.66. The Morgan fingerprint density at radius 2 is 1.94 bits per heavy atom. The van der Waals surface area contributed by atoms with E-state index in [-0.39, 0.29) is 0 Å². The maximum Gasteiger partial charge on any atom is 0.123 e. The van der Waals surface area contributed by atoms with Crippen LogP contribution in [0.25, 0.3) is 33.3 Å². The molecule has 0 unspecified atom stereocenters. The average molecular weight is 409 g/mol. The second kappa shape index (κ2) is 7.22. The molecule has 0 spiro atoms. The summed E-state index contributed by atoms with van der Waals surface area (Å²) in [7, 11) is 2.16. The van der Waals surface area contributed by atoms with Crippen molar-refractivity contribution in [3.63, 3.8) is 0 Å². The van der Waals surface area contributed by atoms with Gasteiger partial charge in [-0.25, -0.2) is 4.98 Å². The fourth-order valence-corrected chi connectivity index (χ4v) is 4.66. The predicted octanol–water partition coefficient (Wildman–Crippen LogP) is 4.35. The van der Waals surface area contributed by atoms with Crippen molar-refractivity contribution in [2.45, 2.75) is 26.8 Å². The normalized spacial score (nSPS) is 13.9. The molecule has 3 N–H and O–H groups in total. The van der Waals surface area contributed by atoms with Gasteiger partial charge in [-0.3, -0.25) is 5.10 Å². The zero-order valence-electron chi connectivity index (χ0n) is 18.0. The molecule has 31 heavy (non-hydrogen) atoms. The first kappa shape index (κ1) is 19.3. The van der Waals surface area contributed by atoms with E-state index in [0.29, 0.717) is 11.4 Å². The molecule has 6 heteroatoms.